The number of aliphatic imine (C=N–C) groups is 1. The number of carbonyl (C=O) groups excluding carboxylic acids is 1. The van der Waals surface area contributed by atoms with Crippen LogP contribution in [-0.4, -0.2) is 63.4 Å². The van der Waals surface area contributed by atoms with E-state index in [4.69, 9.17) is 24.9 Å². The second-order valence-electron chi connectivity index (χ2n) is 7.57. The number of carbonyl (C=O) groups is 1. The van der Waals surface area contributed by atoms with Gasteiger partial charge in [-0.15, -0.1) is 0 Å². The van der Waals surface area contributed by atoms with Gasteiger partial charge in [-0.1, -0.05) is 35.9 Å². The van der Waals surface area contributed by atoms with Crippen LogP contribution >= 0.6 is 11.6 Å². The first-order valence-corrected chi connectivity index (χ1v) is 11.2. The van der Waals surface area contributed by atoms with Crippen LogP contribution in [-0.2, 0) is 23.5 Å². The lowest BCUT2D eigenvalue weighted by Gasteiger charge is -2.16. The van der Waals surface area contributed by atoms with Crippen molar-refractivity contribution in [2.24, 2.45) is 12.0 Å². The summed E-state index contributed by atoms with van der Waals surface area (Å²) in [6, 6.07) is 15.5. The van der Waals surface area contributed by atoms with Crippen LogP contribution < -0.4 is 0 Å². The van der Waals surface area contributed by atoms with E-state index >= 15 is 0 Å². The number of benzene rings is 2. The van der Waals surface area contributed by atoms with Gasteiger partial charge >= 0.3 is 11.6 Å². The van der Waals surface area contributed by atoms with Gasteiger partial charge in [-0.25, -0.2) is 10.1 Å². The Hall–Kier alpha value is -3.27. The maximum Gasteiger partial charge on any atom is 0.335 e. The second kappa shape index (κ2) is 12.3. The Morgan fingerprint density at radius 2 is 1.56 bits per heavy atom. The van der Waals surface area contributed by atoms with Crippen LogP contribution in [0, 0.1) is 6.92 Å². The minimum absolute atomic E-state index is 0.224. The van der Waals surface area contributed by atoms with E-state index in [-0.39, 0.29) is 5.91 Å². The molecule has 10 heteroatoms. The molecule has 0 spiro atoms. The van der Waals surface area contributed by atoms with Crippen LogP contribution in [0.5, 0.6) is 0 Å². The van der Waals surface area contributed by atoms with E-state index in [0.717, 1.165) is 33.6 Å². The van der Waals surface area contributed by atoms with E-state index in [2.05, 4.69) is 4.99 Å². The van der Waals surface area contributed by atoms with Crippen molar-refractivity contribution in [2.45, 2.75) is 6.92 Å². The summed E-state index contributed by atoms with van der Waals surface area (Å²) in [6.45, 7) is 2.03. The molecule has 1 aromatic heterocycles. The molecule has 0 radical (unpaired) electrons. The predicted octanol–water partition coefficient (Wildman–Crippen LogP) is 4.51. The van der Waals surface area contributed by atoms with E-state index in [0.29, 0.717) is 10.7 Å². The van der Waals surface area contributed by atoms with Crippen molar-refractivity contribution in [3.05, 3.63) is 64.8 Å². The standard InChI is InChI=1S/C24H27ClN4O2.O2S/c1-16-21(17-9-13-20(14-10-17)26-15-27(2)3)23(24(30)29(5)31-6)28(4)22(16)18-7-11-19(25)12-8-18;1-3-2/h7-15H,1-6H3;. The van der Waals surface area contributed by atoms with Crippen LogP contribution in [0.2, 0.25) is 5.02 Å². The van der Waals surface area contributed by atoms with E-state index < -0.39 is 11.6 Å². The molecule has 0 unspecified atom stereocenters. The third-order valence-electron chi connectivity index (χ3n) is 5.11. The van der Waals surface area contributed by atoms with E-state index in [1.165, 1.54) is 12.2 Å². The van der Waals surface area contributed by atoms with Gasteiger partial charge in [0, 0.05) is 38.8 Å². The van der Waals surface area contributed by atoms with Crippen molar-refractivity contribution in [1.29, 1.82) is 0 Å². The Kier molecular flexibility index (Phi) is 9.73. The molecule has 1 amide bonds. The lowest BCUT2D eigenvalue weighted by atomic mass is 9.98. The first-order valence-electron chi connectivity index (χ1n) is 10.2. The summed E-state index contributed by atoms with van der Waals surface area (Å²) < 4.78 is 18.5. The number of amides is 1. The Morgan fingerprint density at radius 1 is 1.03 bits per heavy atom. The zero-order valence-electron chi connectivity index (χ0n) is 19.9. The summed E-state index contributed by atoms with van der Waals surface area (Å²) in [5.74, 6) is -0.224. The van der Waals surface area contributed by atoms with Crippen molar-refractivity contribution in [2.75, 3.05) is 28.3 Å². The van der Waals surface area contributed by atoms with E-state index in [1.54, 1.807) is 13.4 Å². The number of rotatable bonds is 6. The molecule has 0 saturated heterocycles. The molecule has 0 atom stereocenters. The minimum atomic E-state index is -0.750. The Morgan fingerprint density at radius 3 is 2.06 bits per heavy atom. The van der Waals surface area contributed by atoms with Crippen LogP contribution in [0.3, 0.4) is 0 Å². The number of hydroxylamine groups is 2. The summed E-state index contributed by atoms with van der Waals surface area (Å²) in [7, 11) is 8.83. The molecule has 0 fully saturated rings. The molecule has 2 aromatic carbocycles. The molecule has 180 valence electrons. The first-order chi connectivity index (χ1) is 16.2. The van der Waals surface area contributed by atoms with Crippen LogP contribution in [0.15, 0.2) is 53.5 Å². The average molecular weight is 503 g/mol. The minimum Gasteiger partial charge on any atom is -0.369 e. The molecule has 0 bridgehead atoms. The summed E-state index contributed by atoms with van der Waals surface area (Å²) in [6.07, 6.45) is 1.75. The topological polar surface area (TPSA) is 84.2 Å². The monoisotopic (exact) mass is 502 g/mol. The highest BCUT2D eigenvalue weighted by Gasteiger charge is 2.27. The van der Waals surface area contributed by atoms with Gasteiger partial charge in [0.25, 0.3) is 5.91 Å². The highest BCUT2D eigenvalue weighted by Crippen LogP contribution is 2.38. The Balaban J connectivity index is 0.00000129. The number of hydrogen-bond donors (Lipinski definition) is 0. The molecular weight excluding hydrogens is 476 g/mol. The quantitative estimate of drug-likeness (QED) is 0.281. The zero-order valence-corrected chi connectivity index (χ0v) is 21.5. The smallest absolute Gasteiger partial charge is 0.335 e. The molecule has 0 N–H and O–H groups in total. The molecule has 0 saturated carbocycles. The SMILES string of the molecule is CON(C)C(=O)c1c(-c2ccc(N=CN(C)C)cc2)c(C)c(-c2ccc(Cl)cc2)n1C.O=S=O. The summed E-state index contributed by atoms with van der Waals surface area (Å²) in [5.41, 5.74) is 6.13. The zero-order chi connectivity index (χ0) is 25.4. The largest absolute Gasteiger partial charge is 0.369 e. The lowest BCUT2D eigenvalue weighted by molar-refractivity contribution is -0.0761. The lowest BCUT2D eigenvalue weighted by Crippen LogP contribution is -2.27. The van der Waals surface area contributed by atoms with Crippen LogP contribution in [0.25, 0.3) is 22.4 Å². The van der Waals surface area contributed by atoms with Crippen LogP contribution in [0.1, 0.15) is 16.1 Å². The third-order valence-corrected chi connectivity index (χ3v) is 5.36. The highest BCUT2D eigenvalue weighted by atomic mass is 35.5. The highest BCUT2D eigenvalue weighted by molar-refractivity contribution is 7.51. The fraction of sp³-hybridized carbons (Fsp3) is 0.250. The van der Waals surface area contributed by atoms with Gasteiger partial charge in [-0.2, -0.15) is 8.42 Å². The van der Waals surface area contributed by atoms with Gasteiger partial charge in [0.15, 0.2) is 0 Å². The molecule has 0 aliphatic rings. The van der Waals surface area contributed by atoms with Gasteiger partial charge in [0.2, 0.25) is 0 Å². The Bertz CT molecular complexity index is 1200. The molecule has 3 aromatic rings. The van der Waals surface area contributed by atoms with Gasteiger partial charge in [-0.3, -0.25) is 9.63 Å². The van der Waals surface area contributed by atoms with Gasteiger partial charge < -0.3 is 9.47 Å². The maximum absolute atomic E-state index is 13.2. The van der Waals surface area contributed by atoms with Gasteiger partial charge in [-0.05, 0) is 47.9 Å². The number of nitrogens with zero attached hydrogens (tertiary/aromatic N) is 4. The van der Waals surface area contributed by atoms with Crippen molar-refractivity contribution in [1.82, 2.24) is 14.5 Å². The summed E-state index contributed by atoms with van der Waals surface area (Å²) >= 11 is 5.33. The van der Waals surface area contributed by atoms with Gasteiger partial charge in [0.1, 0.15) is 5.69 Å². The average Bonchev–Trinajstić information content (AvgIpc) is 3.08. The molecule has 0 aliphatic carbocycles. The Labute approximate surface area is 208 Å². The van der Waals surface area contributed by atoms with Crippen molar-refractivity contribution in [3.63, 3.8) is 0 Å². The molecule has 34 heavy (non-hydrogen) atoms. The number of halogens is 1. The van der Waals surface area contributed by atoms with Crippen molar-refractivity contribution in [3.8, 4) is 22.4 Å². The fourth-order valence-corrected chi connectivity index (χ4v) is 3.70. The number of hydrogen-bond acceptors (Lipinski definition) is 5. The second-order valence-corrected chi connectivity index (χ2v) is 8.14. The van der Waals surface area contributed by atoms with Crippen LogP contribution in [0.4, 0.5) is 5.69 Å². The first kappa shape index (κ1) is 27.0. The van der Waals surface area contributed by atoms with E-state index in [9.17, 15) is 4.79 Å². The molecule has 0 aliphatic heterocycles. The fourth-order valence-electron chi connectivity index (χ4n) is 3.58. The third kappa shape index (κ3) is 6.19. The predicted molar refractivity (Wildman–Crippen MR) is 136 cm³/mol. The summed E-state index contributed by atoms with van der Waals surface area (Å²) in [4.78, 5) is 24.7. The normalized spacial score (nSPS) is 10.6. The molecule has 1 heterocycles. The maximum atomic E-state index is 13.2. The number of aromatic nitrogens is 1. The molecule has 3 rings (SSSR count). The van der Waals surface area contributed by atoms with Gasteiger partial charge in [0.05, 0.1) is 24.8 Å². The molecular formula is C24H27ClN4O4S. The van der Waals surface area contributed by atoms with Crippen molar-refractivity contribution < 1.29 is 18.0 Å². The van der Waals surface area contributed by atoms with Crippen molar-refractivity contribution >= 4 is 41.1 Å². The summed E-state index contributed by atoms with van der Waals surface area (Å²) in [5, 5.41) is 1.90. The molecule has 8 nitrogen and oxygen atoms in total. The van der Waals surface area contributed by atoms with E-state index in [1.807, 2.05) is 86.1 Å².